The molecule has 1 aromatic heterocycles. The Labute approximate surface area is 74.8 Å². The zero-order valence-corrected chi connectivity index (χ0v) is 7.01. The highest BCUT2D eigenvalue weighted by Gasteiger charge is 1.93. The fraction of sp³-hybridized carbons (Fsp3) is 0.125. The molecule has 13 heavy (non-hydrogen) atoms. The first-order chi connectivity index (χ1) is 6.22. The van der Waals surface area contributed by atoms with Gasteiger partial charge in [0.05, 0.1) is 12.0 Å². The van der Waals surface area contributed by atoms with Gasteiger partial charge in [0.1, 0.15) is 0 Å². The summed E-state index contributed by atoms with van der Waals surface area (Å²) in [5.41, 5.74) is 0.664. The highest BCUT2D eigenvalue weighted by Crippen LogP contribution is 2.07. The average Bonchev–Trinajstić information content (AvgIpc) is 2.15. The molecular formula is C8H8N2O3. The molecule has 0 aliphatic heterocycles. The molecule has 68 valence electrons. The zero-order valence-electron chi connectivity index (χ0n) is 7.01. The van der Waals surface area contributed by atoms with Crippen molar-refractivity contribution in [1.29, 1.82) is 0 Å². The van der Waals surface area contributed by atoms with Crippen molar-refractivity contribution in [2.45, 2.75) is 0 Å². The Morgan fingerprint density at radius 3 is 2.85 bits per heavy atom. The van der Waals surface area contributed by atoms with Gasteiger partial charge in [0.2, 0.25) is 12.1 Å². The molecule has 0 aromatic carbocycles. The van der Waals surface area contributed by atoms with Crippen molar-refractivity contribution in [2.24, 2.45) is 0 Å². The second kappa shape index (κ2) is 4.20. The summed E-state index contributed by atoms with van der Waals surface area (Å²) >= 11 is 0. The Kier molecular flexibility index (Phi) is 2.97. The Morgan fingerprint density at radius 1 is 1.62 bits per heavy atom. The molecule has 0 saturated heterocycles. The third kappa shape index (κ3) is 2.90. The number of nitro groups is 1. The maximum absolute atomic E-state index is 9.97. The SMILES string of the molecule is COc1ccc(/C=C\[N+](=O)[O-])cn1. The number of nitrogens with zero attached hydrogens (tertiary/aromatic N) is 2. The van der Waals surface area contributed by atoms with E-state index >= 15 is 0 Å². The molecule has 0 aliphatic carbocycles. The van der Waals surface area contributed by atoms with Crippen LogP contribution in [-0.2, 0) is 0 Å². The van der Waals surface area contributed by atoms with Crippen LogP contribution < -0.4 is 4.74 Å². The van der Waals surface area contributed by atoms with Crippen LogP contribution in [0.25, 0.3) is 6.08 Å². The number of pyridine rings is 1. The minimum atomic E-state index is -0.524. The Balaban J connectivity index is 2.75. The van der Waals surface area contributed by atoms with Gasteiger partial charge >= 0.3 is 0 Å². The van der Waals surface area contributed by atoms with Gasteiger partial charge in [-0.2, -0.15) is 0 Å². The molecule has 0 amide bonds. The second-order valence-electron chi connectivity index (χ2n) is 2.23. The van der Waals surface area contributed by atoms with Crippen molar-refractivity contribution >= 4 is 6.08 Å². The van der Waals surface area contributed by atoms with Crippen molar-refractivity contribution < 1.29 is 9.66 Å². The summed E-state index contributed by atoms with van der Waals surface area (Å²) in [6.07, 6.45) is 3.73. The molecule has 0 unspecified atom stereocenters. The Bertz CT molecular complexity index is 319. The predicted molar refractivity (Wildman–Crippen MR) is 46.8 cm³/mol. The first-order valence-electron chi connectivity index (χ1n) is 3.54. The van der Waals surface area contributed by atoms with Crippen LogP contribution in [0.3, 0.4) is 0 Å². The number of aromatic nitrogens is 1. The van der Waals surface area contributed by atoms with Gasteiger partial charge in [-0.15, -0.1) is 0 Å². The van der Waals surface area contributed by atoms with Gasteiger partial charge in [0, 0.05) is 18.3 Å². The van der Waals surface area contributed by atoms with E-state index in [2.05, 4.69) is 4.98 Å². The monoisotopic (exact) mass is 180 g/mol. The maximum atomic E-state index is 9.97. The van der Waals surface area contributed by atoms with E-state index in [9.17, 15) is 10.1 Å². The van der Waals surface area contributed by atoms with Crippen LogP contribution >= 0.6 is 0 Å². The summed E-state index contributed by atoms with van der Waals surface area (Å²) in [5.74, 6) is 0.484. The molecular weight excluding hydrogens is 172 g/mol. The fourth-order valence-electron chi connectivity index (χ4n) is 0.758. The molecule has 0 N–H and O–H groups in total. The number of ether oxygens (including phenoxy) is 1. The van der Waals surface area contributed by atoms with Crippen molar-refractivity contribution in [3.8, 4) is 5.88 Å². The standard InChI is InChI=1S/C8H8N2O3/c1-13-8-3-2-7(6-9-8)4-5-10(11)12/h2-6H,1H3/b5-4-. The van der Waals surface area contributed by atoms with E-state index in [1.807, 2.05) is 0 Å². The van der Waals surface area contributed by atoms with E-state index in [-0.39, 0.29) is 0 Å². The molecule has 0 aliphatic rings. The Morgan fingerprint density at radius 2 is 2.38 bits per heavy atom. The van der Waals surface area contributed by atoms with Gasteiger partial charge in [0.15, 0.2) is 0 Å². The largest absolute Gasteiger partial charge is 0.481 e. The first kappa shape index (κ1) is 9.18. The van der Waals surface area contributed by atoms with Crippen LogP contribution in [0.5, 0.6) is 5.88 Å². The van der Waals surface area contributed by atoms with Crippen molar-refractivity contribution in [2.75, 3.05) is 7.11 Å². The molecule has 1 heterocycles. The molecule has 0 radical (unpaired) electrons. The summed E-state index contributed by atoms with van der Waals surface area (Å²) in [7, 11) is 1.51. The lowest BCUT2D eigenvalue weighted by atomic mass is 10.3. The van der Waals surface area contributed by atoms with Gasteiger partial charge in [-0.1, -0.05) is 0 Å². The molecule has 0 spiro atoms. The lowest BCUT2D eigenvalue weighted by Crippen LogP contribution is -1.87. The summed E-state index contributed by atoms with van der Waals surface area (Å²) in [6.45, 7) is 0. The highest BCUT2D eigenvalue weighted by molar-refractivity contribution is 5.46. The van der Waals surface area contributed by atoms with Gasteiger partial charge in [-0.25, -0.2) is 4.98 Å². The average molecular weight is 180 g/mol. The highest BCUT2D eigenvalue weighted by atomic mass is 16.6. The number of methoxy groups -OCH3 is 1. The minimum absolute atomic E-state index is 0.484. The van der Waals surface area contributed by atoms with E-state index in [0.29, 0.717) is 11.4 Å². The normalized spacial score (nSPS) is 10.2. The van der Waals surface area contributed by atoms with Crippen LogP contribution in [0.15, 0.2) is 24.5 Å². The number of hydrogen-bond donors (Lipinski definition) is 0. The van der Waals surface area contributed by atoms with E-state index in [1.165, 1.54) is 19.4 Å². The molecule has 1 aromatic rings. The lowest BCUT2D eigenvalue weighted by Gasteiger charge is -1.96. The van der Waals surface area contributed by atoms with Crippen LogP contribution in [0.2, 0.25) is 0 Å². The maximum Gasteiger partial charge on any atom is 0.235 e. The summed E-state index contributed by atoms with van der Waals surface area (Å²) in [4.78, 5) is 13.3. The topological polar surface area (TPSA) is 65.3 Å². The third-order valence-electron chi connectivity index (χ3n) is 1.36. The summed E-state index contributed by atoms with van der Waals surface area (Å²) in [6, 6.07) is 3.32. The molecule has 1 rings (SSSR count). The summed E-state index contributed by atoms with van der Waals surface area (Å²) in [5, 5.41) is 9.97. The first-order valence-corrected chi connectivity index (χ1v) is 3.54. The molecule has 0 fully saturated rings. The molecule has 5 heteroatoms. The number of rotatable bonds is 3. The third-order valence-corrected chi connectivity index (χ3v) is 1.36. The smallest absolute Gasteiger partial charge is 0.235 e. The molecule has 5 nitrogen and oxygen atoms in total. The predicted octanol–water partition coefficient (Wildman–Crippen LogP) is 1.34. The number of hydrogen-bond acceptors (Lipinski definition) is 4. The van der Waals surface area contributed by atoms with E-state index in [4.69, 9.17) is 4.74 Å². The Hall–Kier alpha value is -1.91. The van der Waals surface area contributed by atoms with Gasteiger partial charge in [0.25, 0.3) is 0 Å². The van der Waals surface area contributed by atoms with Crippen LogP contribution in [-0.4, -0.2) is 17.0 Å². The van der Waals surface area contributed by atoms with E-state index < -0.39 is 4.92 Å². The van der Waals surface area contributed by atoms with Crippen molar-refractivity contribution in [3.63, 3.8) is 0 Å². The summed E-state index contributed by atoms with van der Waals surface area (Å²) < 4.78 is 4.83. The minimum Gasteiger partial charge on any atom is -0.481 e. The van der Waals surface area contributed by atoms with E-state index in [1.54, 1.807) is 12.1 Å². The lowest BCUT2D eigenvalue weighted by molar-refractivity contribution is -0.400. The van der Waals surface area contributed by atoms with Crippen LogP contribution in [0.4, 0.5) is 0 Å². The van der Waals surface area contributed by atoms with Gasteiger partial charge in [-0.3, -0.25) is 10.1 Å². The molecule has 0 bridgehead atoms. The quantitative estimate of drug-likeness (QED) is 0.520. The zero-order chi connectivity index (χ0) is 9.68. The van der Waals surface area contributed by atoms with Gasteiger partial charge < -0.3 is 4.74 Å². The fourth-order valence-corrected chi connectivity index (χ4v) is 0.758. The van der Waals surface area contributed by atoms with Crippen molar-refractivity contribution in [1.82, 2.24) is 4.98 Å². The van der Waals surface area contributed by atoms with Gasteiger partial charge in [-0.05, 0) is 11.6 Å². The second-order valence-corrected chi connectivity index (χ2v) is 2.23. The van der Waals surface area contributed by atoms with E-state index in [0.717, 1.165) is 6.20 Å². The molecule has 0 atom stereocenters. The molecule has 0 saturated carbocycles. The van der Waals surface area contributed by atoms with Crippen molar-refractivity contribution in [3.05, 3.63) is 40.2 Å². The van der Waals surface area contributed by atoms with Crippen LogP contribution in [0, 0.1) is 10.1 Å². The van der Waals surface area contributed by atoms with Crippen LogP contribution in [0.1, 0.15) is 5.56 Å².